The highest BCUT2D eigenvalue weighted by Crippen LogP contribution is 2.28. The van der Waals surface area contributed by atoms with Crippen LogP contribution in [-0.2, 0) is 4.79 Å². The average molecular weight is 276 g/mol. The van der Waals surface area contributed by atoms with Crippen LogP contribution in [0.3, 0.4) is 0 Å². The van der Waals surface area contributed by atoms with E-state index in [2.05, 4.69) is 15.9 Å². The van der Waals surface area contributed by atoms with Gasteiger partial charge in [-0.2, -0.15) is 0 Å². The molecule has 0 heterocycles. The summed E-state index contributed by atoms with van der Waals surface area (Å²) in [7, 11) is 0. The SMILES string of the molecule is Nc1ccc(Br)cc1F.O=C(O)C1CC1. The molecule has 2 rings (SSSR count). The van der Waals surface area contributed by atoms with E-state index >= 15 is 0 Å². The zero-order valence-electron chi connectivity index (χ0n) is 7.91. The van der Waals surface area contributed by atoms with E-state index in [9.17, 15) is 9.18 Å². The van der Waals surface area contributed by atoms with Crippen molar-refractivity contribution in [2.24, 2.45) is 5.92 Å². The predicted molar refractivity (Wildman–Crippen MR) is 58.9 cm³/mol. The van der Waals surface area contributed by atoms with Gasteiger partial charge >= 0.3 is 5.97 Å². The Hall–Kier alpha value is -1.10. The second-order valence-corrected chi connectivity index (χ2v) is 4.19. The van der Waals surface area contributed by atoms with Gasteiger partial charge in [-0.1, -0.05) is 15.9 Å². The lowest BCUT2D eigenvalue weighted by atomic mass is 10.3. The molecule has 1 aromatic carbocycles. The highest BCUT2D eigenvalue weighted by Gasteiger charge is 2.28. The van der Waals surface area contributed by atoms with Crippen molar-refractivity contribution in [2.45, 2.75) is 12.8 Å². The summed E-state index contributed by atoms with van der Waals surface area (Å²) in [5.74, 6) is -0.996. The quantitative estimate of drug-likeness (QED) is 0.775. The maximum atomic E-state index is 12.4. The average Bonchev–Trinajstić information content (AvgIpc) is 2.95. The van der Waals surface area contributed by atoms with Crippen molar-refractivity contribution in [3.05, 3.63) is 28.5 Å². The fraction of sp³-hybridized carbons (Fsp3) is 0.300. The number of nitrogens with two attached hydrogens (primary N) is 1. The zero-order chi connectivity index (χ0) is 11.4. The van der Waals surface area contributed by atoms with Crippen LogP contribution in [0.2, 0.25) is 0 Å². The number of benzene rings is 1. The van der Waals surface area contributed by atoms with E-state index < -0.39 is 5.97 Å². The Bertz CT molecular complexity index is 366. The maximum Gasteiger partial charge on any atom is 0.306 e. The summed E-state index contributed by atoms with van der Waals surface area (Å²) >= 11 is 3.10. The van der Waals surface area contributed by atoms with Gasteiger partial charge in [-0.15, -0.1) is 0 Å². The van der Waals surface area contributed by atoms with Gasteiger partial charge in [-0.05, 0) is 31.0 Å². The fourth-order valence-corrected chi connectivity index (χ4v) is 1.16. The smallest absolute Gasteiger partial charge is 0.306 e. The van der Waals surface area contributed by atoms with E-state index in [0.717, 1.165) is 12.8 Å². The summed E-state index contributed by atoms with van der Waals surface area (Å²) in [5.41, 5.74) is 5.37. The minimum atomic E-state index is -0.630. The lowest BCUT2D eigenvalue weighted by molar-refractivity contribution is -0.138. The van der Waals surface area contributed by atoms with Crippen LogP contribution in [0, 0.1) is 11.7 Å². The van der Waals surface area contributed by atoms with Crippen molar-refractivity contribution in [3.8, 4) is 0 Å². The molecule has 0 spiro atoms. The molecule has 0 atom stereocenters. The minimum absolute atomic E-state index is 0.0185. The first-order chi connectivity index (χ1) is 7.00. The van der Waals surface area contributed by atoms with Crippen LogP contribution in [0.5, 0.6) is 0 Å². The summed E-state index contributed by atoms with van der Waals surface area (Å²) < 4.78 is 13.1. The molecule has 1 aromatic rings. The van der Waals surface area contributed by atoms with Crippen LogP contribution >= 0.6 is 15.9 Å². The molecule has 3 nitrogen and oxygen atoms in total. The van der Waals surface area contributed by atoms with Gasteiger partial charge < -0.3 is 10.8 Å². The number of carboxylic acids is 1. The van der Waals surface area contributed by atoms with Crippen LogP contribution in [0.1, 0.15) is 12.8 Å². The molecule has 0 radical (unpaired) electrons. The van der Waals surface area contributed by atoms with Gasteiger partial charge in [-0.3, -0.25) is 4.79 Å². The Morgan fingerprint density at radius 3 is 2.40 bits per heavy atom. The lowest BCUT2D eigenvalue weighted by Gasteiger charge is -1.93. The van der Waals surface area contributed by atoms with Crippen molar-refractivity contribution < 1.29 is 14.3 Å². The van der Waals surface area contributed by atoms with Crippen molar-refractivity contribution >= 4 is 27.6 Å². The second-order valence-electron chi connectivity index (χ2n) is 3.28. The van der Waals surface area contributed by atoms with E-state index in [1.165, 1.54) is 12.1 Å². The highest BCUT2D eigenvalue weighted by molar-refractivity contribution is 9.10. The van der Waals surface area contributed by atoms with Crippen LogP contribution in [0.15, 0.2) is 22.7 Å². The van der Waals surface area contributed by atoms with Crippen LogP contribution in [-0.4, -0.2) is 11.1 Å². The van der Waals surface area contributed by atoms with Gasteiger partial charge in [0.2, 0.25) is 0 Å². The second kappa shape index (κ2) is 5.11. The number of anilines is 1. The van der Waals surface area contributed by atoms with Gasteiger partial charge in [0.1, 0.15) is 5.82 Å². The number of nitrogen functional groups attached to an aromatic ring is 1. The molecule has 1 fully saturated rings. The fourth-order valence-electron chi connectivity index (χ4n) is 0.832. The molecule has 0 aliphatic heterocycles. The first kappa shape index (κ1) is 12.0. The molecule has 82 valence electrons. The van der Waals surface area contributed by atoms with Crippen molar-refractivity contribution in [1.82, 2.24) is 0 Å². The van der Waals surface area contributed by atoms with Gasteiger partial charge in [-0.25, -0.2) is 4.39 Å². The Labute approximate surface area is 95.2 Å². The number of carboxylic acid groups (broad SMARTS) is 1. The summed E-state index contributed by atoms with van der Waals surface area (Å²) in [6, 6.07) is 4.53. The molecule has 15 heavy (non-hydrogen) atoms. The molecule has 1 aliphatic rings. The number of carbonyl (C=O) groups is 1. The van der Waals surface area contributed by atoms with Crippen molar-refractivity contribution in [2.75, 3.05) is 5.73 Å². The third kappa shape index (κ3) is 4.29. The Balaban J connectivity index is 0.000000162. The van der Waals surface area contributed by atoms with Crippen molar-refractivity contribution in [1.29, 1.82) is 0 Å². The molecule has 0 unspecified atom stereocenters. The zero-order valence-corrected chi connectivity index (χ0v) is 9.50. The molecule has 1 aliphatic carbocycles. The molecule has 1 saturated carbocycles. The summed E-state index contributed by atoms with van der Waals surface area (Å²) in [5, 5.41) is 8.05. The molecule has 3 N–H and O–H groups in total. The van der Waals surface area contributed by atoms with Crippen LogP contribution < -0.4 is 5.73 Å². The van der Waals surface area contributed by atoms with E-state index in [-0.39, 0.29) is 17.4 Å². The molecule has 0 saturated heterocycles. The van der Waals surface area contributed by atoms with Crippen molar-refractivity contribution in [3.63, 3.8) is 0 Å². The molecule has 5 heteroatoms. The topological polar surface area (TPSA) is 63.3 Å². The molecular formula is C10H11BrFNO2. The number of hydrogen-bond donors (Lipinski definition) is 2. The lowest BCUT2D eigenvalue weighted by Crippen LogP contribution is -1.94. The predicted octanol–water partition coefficient (Wildman–Crippen LogP) is 2.65. The maximum absolute atomic E-state index is 12.4. The molecule has 0 bridgehead atoms. The van der Waals surface area contributed by atoms with E-state index in [0.29, 0.717) is 4.47 Å². The number of aliphatic carboxylic acids is 1. The van der Waals surface area contributed by atoms with Crippen LogP contribution in [0.4, 0.5) is 10.1 Å². The summed E-state index contributed by atoms with van der Waals surface area (Å²) in [6.07, 6.45) is 1.80. The largest absolute Gasteiger partial charge is 0.481 e. The summed E-state index contributed by atoms with van der Waals surface area (Å²) in [6.45, 7) is 0. The molecular weight excluding hydrogens is 265 g/mol. The van der Waals surface area contributed by atoms with Gasteiger partial charge in [0.15, 0.2) is 0 Å². The molecule has 0 aromatic heterocycles. The van der Waals surface area contributed by atoms with Crippen LogP contribution in [0.25, 0.3) is 0 Å². The number of hydrogen-bond acceptors (Lipinski definition) is 2. The third-order valence-electron chi connectivity index (χ3n) is 1.89. The van der Waals surface area contributed by atoms with Gasteiger partial charge in [0.25, 0.3) is 0 Å². The first-order valence-corrected chi connectivity index (χ1v) is 5.23. The Morgan fingerprint density at radius 2 is 2.13 bits per heavy atom. The Morgan fingerprint density at radius 1 is 1.53 bits per heavy atom. The normalized spacial score (nSPS) is 14.0. The van der Waals surface area contributed by atoms with Gasteiger partial charge in [0, 0.05) is 4.47 Å². The van der Waals surface area contributed by atoms with E-state index in [1.54, 1.807) is 6.07 Å². The van der Waals surface area contributed by atoms with E-state index in [4.69, 9.17) is 10.8 Å². The monoisotopic (exact) mass is 275 g/mol. The standard InChI is InChI=1S/C6H5BrFN.C4H6O2/c7-4-1-2-6(9)5(8)3-4;5-4(6)3-1-2-3/h1-3H,9H2;3H,1-2H2,(H,5,6). The highest BCUT2D eigenvalue weighted by atomic mass is 79.9. The van der Waals surface area contributed by atoms with E-state index in [1.807, 2.05) is 0 Å². The number of halogens is 2. The number of rotatable bonds is 1. The minimum Gasteiger partial charge on any atom is -0.481 e. The Kier molecular flexibility index (Phi) is 4.08. The molecule has 0 amide bonds. The summed E-state index contributed by atoms with van der Waals surface area (Å²) in [4.78, 5) is 9.76. The third-order valence-corrected chi connectivity index (χ3v) is 2.38. The van der Waals surface area contributed by atoms with Gasteiger partial charge in [0.05, 0.1) is 11.6 Å². The first-order valence-electron chi connectivity index (χ1n) is 4.44.